The summed E-state index contributed by atoms with van der Waals surface area (Å²) in [5, 5.41) is 6.60. The van der Waals surface area contributed by atoms with E-state index in [9.17, 15) is 4.79 Å². The van der Waals surface area contributed by atoms with Crippen molar-refractivity contribution < 1.29 is 9.53 Å². The molecule has 3 aromatic rings. The maximum atomic E-state index is 12.0. The third-order valence-electron chi connectivity index (χ3n) is 3.94. The van der Waals surface area contributed by atoms with Crippen molar-refractivity contribution >= 4 is 34.9 Å². The average Bonchev–Trinajstić information content (AvgIpc) is 3.10. The summed E-state index contributed by atoms with van der Waals surface area (Å²) in [7, 11) is 0. The van der Waals surface area contributed by atoms with Crippen LogP contribution in [-0.2, 0) is 17.8 Å². The van der Waals surface area contributed by atoms with Crippen molar-refractivity contribution in [2.45, 2.75) is 20.0 Å². The maximum absolute atomic E-state index is 12.0. The summed E-state index contributed by atoms with van der Waals surface area (Å²) in [5.41, 5.74) is 2.91. The zero-order valence-corrected chi connectivity index (χ0v) is 17.1. The van der Waals surface area contributed by atoms with Gasteiger partial charge in [-0.2, -0.15) is 0 Å². The number of carbonyl (C=O) groups is 1. The molecule has 0 radical (unpaired) electrons. The number of aromatic nitrogens is 1. The number of nitrogens with zero attached hydrogens (tertiary/aromatic N) is 1. The monoisotopic (exact) mass is 412 g/mol. The van der Waals surface area contributed by atoms with Crippen LogP contribution in [-0.4, -0.2) is 17.4 Å². The Morgan fingerprint density at radius 2 is 2.11 bits per heavy atom. The Hall–Kier alpha value is -2.63. The average molecular weight is 413 g/mol. The molecule has 0 aliphatic heterocycles. The van der Waals surface area contributed by atoms with Crippen molar-refractivity contribution in [3.63, 3.8) is 0 Å². The second-order valence-electron chi connectivity index (χ2n) is 6.22. The van der Waals surface area contributed by atoms with E-state index in [4.69, 9.17) is 16.3 Å². The highest BCUT2D eigenvalue weighted by atomic mass is 35.5. The van der Waals surface area contributed by atoms with E-state index in [1.165, 1.54) is 6.08 Å². The summed E-state index contributed by atoms with van der Waals surface area (Å²) in [4.78, 5) is 16.4. The van der Waals surface area contributed by atoms with Crippen molar-refractivity contribution in [3.8, 4) is 5.75 Å². The van der Waals surface area contributed by atoms with Gasteiger partial charge in [-0.3, -0.25) is 4.79 Å². The summed E-state index contributed by atoms with van der Waals surface area (Å²) in [6, 6.07) is 15.3. The number of amides is 1. The summed E-state index contributed by atoms with van der Waals surface area (Å²) < 4.78 is 5.78. The Bertz CT molecular complexity index is 968. The number of halogens is 1. The number of hydrogen-bond donors (Lipinski definition) is 1. The predicted octanol–water partition coefficient (Wildman–Crippen LogP) is 5.06. The lowest BCUT2D eigenvalue weighted by Gasteiger charge is -2.05. The van der Waals surface area contributed by atoms with E-state index in [2.05, 4.69) is 10.3 Å². The normalized spacial score (nSPS) is 10.9. The van der Waals surface area contributed by atoms with Crippen LogP contribution in [0.1, 0.15) is 21.8 Å². The Balaban J connectivity index is 1.47. The fraction of sp³-hybridized carbons (Fsp3) is 0.182. The van der Waals surface area contributed by atoms with Gasteiger partial charge in [0.25, 0.3) is 0 Å². The van der Waals surface area contributed by atoms with Gasteiger partial charge in [0.15, 0.2) is 0 Å². The highest BCUT2D eigenvalue weighted by Crippen LogP contribution is 2.17. The molecule has 4 nitrogen and oxygen atoms in total. The number of nitrogens with one attached hydrogen (secondary N) is 1. The van der Waals surface area contributed by atoms with Gasteiger partial charge >= 0.3 is 0 Å². The van der Waals surface area contributed by atoms with Gasteiger partial charge in [0.2, 0.25) is 5.91 Å². The van der Waals surface area contributed by atoms with Crippen molar-refractivity contribution in [2.24, 2.45) is 0 Å². The lowest BCUT2D eigenvalue weighted by molar-refractivity contribution is -0.116. The van der Waals surface area contributed by atoms with E-state index < -0.39 is 0 Å². The van der Waals surface area contributed by atoms with E-state index >= 15 is 0 Å². The lowest BCUT2D eigenvalue weighted by atomic mass is 10.1. The largest absolute Gasteiger partial charge is 0.487 e. The zero-order chi connectivity index (χ0) is 19.8. The molecule has 1 amide bonds. The predicted molar refractivity (Wildman–Crippen MR) is 115 cm³/mol. The molecule has 0 fully saturated rings. The quantitative estimate of drug-likeness (QED) is 0.526. The van der Waals surface area contributed by atoms with Crippen molar-refractivity contribution in [2.75, 3.05) is 6.54 Å². The van der Waals surface area contributed by atoms with Gasteiger partial charge in [0.05, 0.1) is 10.7 Å². The molecule has 0 unspecified atom stereocenters. The molecule has 2 aromatic carbocycles. The van der Waals surface area contributed by atoms with Crippen LogP contribution in [0.15, 0.2) is 60.0 Å². The van der Waals surface area contributed by atoms with Crippen LogP contribution in [0.2, 0.25) is 5.02 Å². The first-order valence-electron chi connectivity index (χ1n) is 8.93. The van der Waals surface area contributed by atoms with Crippen LogP contribution in [0.4, 0.5) is 0 Å². The molecule has 1 N–H and O–H groups in total. The highest BCUT2D eigenvalue weighted by molar-refractivity contribution is 7.09. The fourth-order valence-electron chi connectivity index (χ4n) is 2.59. The van der Waals surface area contributed by atoms with E-state index in [1.807, 2.05) is 60.8 Å². The van der Waals surface area contributed by atoms with Crippen LogP contribution in [0.3, 0.4) is 0 Å². The minimum atomic E-state index is -0.133. The number of hydrogen-bond acceptors (Lipinski definition) is 4. The van der Waals surface area contributed by atoms with Crippen LogP contribution < -0.4 is 10.1 Å². The molecule has 6 heteroatoms. The van der Waals surface area contributed by atoms with Crippen LogP contribution in [0.25, 0.3) is 6.08 Å². The molecule has 144 valence electrons. The Morgan fingerprint density at radius 1 is 1.25 bits per heavy atom. The van der Waals surface area contributed by atoms with Crippen molar-refractivity contribution in [1.29, 1.82) is 0 Å². The van der Waals surface area contributed by atoms with Gasteiger partial charge in [-0.1, -0.05) is 35.9 Å². The molecule has 0 saturated carbocycles. The minimum Gasteiger partial charge on any atom is -0.487 e. The molecule has 1 heterocycles. The number of ether oxygens (including phenoxy) is 1. The number of rotatable bonds is 8. The Kier molecular flexibility index (Phi) is 7.23. The topological polar surface area (TPSA) is 51.2 Å². The van der Waals surface area contributed by atoms with Crippen LogP contribution in [0.5, 0.6) is 5.75 Å². The molecule has 0 spiro atoms. The van der Waals surface area contributed by atoms with Crippen molar-refractivity contribution in [1.82, 2.24) is 10.3 Å². The number of aryl methyl sites for hydroxylation is 1. The maximum Gasteiger partial charge on any atom is 0.244 e. The molecule has 0 aliphatic rings. The molecule has 0 aliphatic carbocycles. The van der Waals surface area contributed by atoms with E-state index in [0.717, 1.165) is 34.0 Å². The van der Waals surface area contributed by atoms with Gasteiger partial charge in [-0.05, 0) is 54.8 Å². The Labute approximate surface area is 173 Å². The van der Waals surface area contributed by atoms with Crippen LogP contribution in [0, 0.1) is 6.92 Å². The molecule has 28 heavy (non-hydrogen) atoms. The number of thiazole rings is 1. The second-order valence-corrected chi connectivity index (χ2v) is 7.72. The molecular weight excluding hydrogens is 392 g/mol. The first kappa shape index (κ1) is 20.1. The minimum absolute atomic E-state index is 0.133. The summed E-state index contributed by atoms with van der Waals surface area (Å²) in [6.45, 7) is 2.96. The van der Waals surface area contributed by atoms with E-state index in [1.54, 1.807) is 17.4 Å². The SMILES string of the molecule is Cc1nc(COc2cccc(/C=C/C(=O)NCCc3cccc(Cl)c3)c2)cs1. The third kappa shape index (κ3) is 6.51. The molecule has 0 bridgehead atoms. The Morgan fingerprint density at radius 3 is 2.89 bits per heavy atom. The first-order chi connectivity index (χ1) is 13.6. The second kappa shape index (κ2) is 10.1. The summed E-state index contributed by atoms with van der Waals surface area (Å²) in [6.07, 6.45) is 4.04. The zero-order valence-electron chi connectivity index (χ0n) is 15.5. The third-order valence-corrected chi connectivity index (χ3v) is 5.00. The van der Waals surface area contributed by atoms with E-state index in [-0.39, 0.29) is 5.91 Å². The van der Waals surface area contributed by atoms with Gasteiger partial charge < -0.3 is 10.1 Å². The highest BCUT2D eigenvalue weighted by Gasteiger charge is 2.01. The molecule has 1 aromatic heterocycles. The first-order valence-corrected chi connectivity index (χ1v) is 10.2. The fourth-order valence-corrected chi connectivity index (χ4v) is 3.40. The van der Waals surface area contributed by atoms with Gasteiger partial charge in [0.1, 0.15) is 12.4 Å². The van der Waals surface area contributed by atoms with Gasteiger partial charge in [0, 0.05) is 23.0 Å². The summed E-state index contributed by atoms with van der Waals surface area (Å²) >= 11 is 7.57. The number of benzene rings is 2. The van der Waals surface area contributed by atoms with E-state index in [0.29, 0.717) is 18.2 Å². The number of carbonyl (C=O) groups excluding carboxylic acids is 1. The standard InChI is InChI=1S/C22H21ClN2O2S/c1-16-25-20(15-28-16)14-27-21-7-3-5-17(13-21)8-9-22(26)24-11-10-18-4-2-6-19(23)12-18/h2-9,12-13,15H,10-11,14H2,1H3,(H,24,26)/b9-8+. The molecule has 3 rings (SSSR count). The van der Waals surface area contributed by atoms with Crippen molar-refractivity contribution in [3.05, 3.63) is 86.8 Å². The molecule has 0 saturated heterocycles. The summed E-state index contributed by atoms with van der Waals surface area (Å²) in [5.74, 6) is 0.612. The van der Waals surface area contributed by atoms with Gasteiger partial charge in [-0.15, -0.1) is 11.3 Å². The molecular formula is C22H21ClN2O2S. The smallest absolute Gasteiger partial charge is 0.244 e. The van der Waals surface area contributed by atoms with Crippen LogP contribution >= 0.6 is 22.9 Å². The molecule has 0 atom stereocenters. The lowest BCUT2D eigenvalue weighted by Crippen LogP contribution is -2.23. The van der Waals surface area contributed by atoms with Gasteiger partial charge in [-0.25, -0.2) is 4.98 Å².